The second kappa shape index (κ2) is 5.99. The fourth-order valence-corrected chi connectivity index (χ4v) is 2.92. The van der Waals surface area contributed by atoms with Gasteiger partial charge in [0.25, 0.3) is 0 Å². The third-order valence-corrected chi connectivity index (χ3v) is 3.63. The van der Waals surface area contributed by atoms with E-state index in [0.29, 0.717) is 12.3 Å². The first kappa shape index (κ1) is 13.1. The van der Waals surface area contributed by atoms with Crippen molar-refractivity contribution in [1.82, 2.24) is 4.90 Å². The molecule has 1 aliphatic heterocycles. The van der Waals surface area contributed by atoms with Crippen LogP contribution in [0.4, 0.5) is 0 Å². The van der Waals surface area contributed by atoms with E-state index in [1.54, 1.807) is 0 Å². The Kier molecular flexibility index (Phi) is 4.35. The average Bonchev–Trinajstić information content (AvgIpc) is 2.36. The largest absolute Gasteiger partial charge is 0.327 e. The Labute approximate surface area is 109 Å². The third kappa shape index (κ3) is 3.10. The Bertz CT molecular complexity index is 399. The van der Waals surface area contributed by atoms with Crippen molar-refractivity contribution in [3.63, 3.8) is 0 Å². The van der Waals surface area contributed by atoms with Gasteiger partial charge in [0.2, 0.25) is 0 Å². The summed E-state index contributed by atoms with van der Waals surface area (Å²) in [6.07, 6.45) is 1.62. The van der Waals surface area contributed by atoms with E-state index in [2.05, 4.69) is 30.0 Å². The van der Waals surface area contributed by atoms with Gasteiger partial charge in [0.1, 0.15) is 0 Å². The summed E-state index contributed by atoms with van der Waals surface area (Å²) in [7, 11) is 0. The van der Waals surface area contributed by atoms with Crippen molar-refractivity contribution in [3.05, 3.63) is 35.9 Å². The van der Waals surface area contributed by atoms with Gasteiger partial charge in [-0.15, -0.1) is 0 Å². The summed E-state index contributed by atoms with van der Waals surface area (Å²) in [5.74, 6) is 0.610. The van der Waals surface area contributed by atoms with Crippen molar-refractivity contribution in [2.24, 2.45) is 11.7 Å². The highest BCUT2D eigenvalue weighted by Gasteiger charge is 2.28. The van der Waals surface area contributed by atoms with Crippen molar-refractivity contribution in [2.75, 3.05) is 13.1 Å². The first-order chi connectivity index (χ1) is 8.70. The van der Waals surface area contributed by atoms with Gasteiger partial charge in [-0.2, -0.15) is 5.26 Å². The van der Waals surface area contributed by atoms with E-state index in [1.807, 2.05) is 18.2 Å². The molecule has 0 amide bonds. The highest BCUT2D eigenvalue weighted by atomic mass is 15.2. The van der Waals surface area contributed by atoms with Gasteiger partial charge < -0.3 is 5.73 Å². The monoisotopic (exact) mass is 243 g/mol. The molecule has 2 N–H and O–H groups in total. The number of piperidine rings is 1. The number of likely N-dealkylation sites (tertiary alicyclic amines) is 1. The van der Waals surface area contributed by atoms with E-state index >= 15 is 0 Å². The smallest absolute Gasteiger partial charge is 0.0641 e. The number of nitrogens with zero attached hydrogens (tertiary/aromatic N) is 2. The molecular weight excluding hydrogens is 222 g/mol. The normalized spacial score (nSPS) is 26.5. The molecule has 0 aliphatic carbocycles. The standard InChI is InChI=1S/C15H21N3/c1-12-9-14(17)11-18(10-12)15(7-8-16)13-5-3-2-4-6-13/h2-6,12,14-15H,7,9-11,17H2,1H3. The highest BCUT2D eigenvalue weighted by molar-refractivity contribution is 5.20. The van der Waals surface area contributed by atoms with Gasteiger partial charge in [-0.05, 0) is 17.9 Å². The van der Waals surface area contributed by atoms with Gasteiger partial charge in [0, 0.05) is 25.2 Å². The van der Waals surface area contributed by atoms with Crippen LogP contribution in [-0.2, 0) is 0 Å². The van der Waals surface area contributed by atoms with E-state index < -0.39 is 0 Å². The molecule has 1 aliphatic rings. The zero-order valence-electron chi connectivity index (χ0n) is 10.9. The van der Waals surface area contributed by atoms with Crippen molar-refractivity contribution < 1.29 is 0 Å². The molecule has 1 fully saturated rings. The van der Waals surface area contributed by atoms with Crippen LogP contribution in [0, 0.1) is 17.2 Å². The van der Waals surface area contributed by atoms with E-state index in [4.69, 9.17) is 11.0 Å². The lowest BCUT2D eigenvalue weighted by Gasteiger charge is -2.39. The summed E-state index contributed by atoms with van der Waals surface area (Å²) in [5, 5.41) is 9.05. The van der Waals surface area contributed by atoms with Crippen LogP contribution < -0.4 is 5.73 Å². The average molecular weight is 243 g/mol. The molecule has 1 heterocycles. The molecule has 2 rings (SSSR count). The van der Waals surface area contributed by atoms with Crippen molar-refractivity contribution in [2.45, 2.75) is 31.8 Å². The molecule has 0 saturated carbocycles. The Morgan fingerprint density at radius 2 is 2.11 bits per heavy atom. The van der Waals surface area contributed by atoms with Crippen molar-refractivity contribution >= 4 is 0 Å². The molecule has 0 bridgehead atoms. The predicted octanol–water partition coefficient (Wildman–Crippen LogP) is 2.31. The zero-order chi connectivity index (χ0) is 13.0. The zero-order valence-corrected chi connectivity index (χ0v) is 10.9. The Balaban J connectivity index is 2.17. The maximum atomic E-state index is 9.05. The minimum Gasteiger partial charge on any atom is -0.327 e. The molecule has 3 nitrogen and oxygen atoms in total. The second-order valence-corrected chi connectivity index (χ2v) is 5.34. The summed E-state index contributed by atoms with van der Waals surface area (Å²) >= 11 is 0. The van der Waals surface area contributed by atoms with Crippen LogP contribution in [0.5, 0.6) is 0 Å². The molecule has 1 saturated heterocycles. The maximum Gasteiger partial charge on any atom is 0.0641 e. The van der Waals surface area contributed by atoms with Gasteiger partial charge in [-0.3, -0.25) is 4.90 Å². The van der Waals surface area contributed by atoms with Crippen LogP contribution in [0.25, 0.3) is 0 Å². The van der Waals surface area contributed by atoms with E-state index in [0.717, 1.165) is 19.5 Å². The lowest BCUT2D eigenvalue weighted by Crippen LogP contribution is -2.47. The molecule has 1 aromatic carbocycles. The summed E-state index contributed by atoms with van der Waals surface area (Å²) < 4.78 is 0. The molecule has 0 radical (unpaired) electrons. The predicted molar refractivity (Wildman–Crippen MR) is 72.7 cm³/mol. The first-order valence-electron chi connectivity index (χ1n) is 6.62. The van der Waals surface area contributed by atoms with Gasteiger partial charge >= 0.3 is 0 Å². The fraction of sp³-hybridized carbons (Fsp3) is 0.533. The number of nitrogens with two attached hydrogens (primary N) is 1. The Morgan fingerprint density at radius 1 is 1.39 bits per heavy atom. The van der Waals surface area contributed by atoms with Gasteiger partial charge in [-0.1, -0.05) is 37.3 Å². The van der Waals surface area contributed by atoms with Gasteiger partial charge in [0.15, 0.2) is 0 Å². The van der Waals surface area contributed by atoms with Crippen molar-refractivity contribution in [3.8, 4) is 6.07 Å². The summed E-state index contributed by atoms with van der Waals surface area (Å²) in [4.78, 5) is 2.37. The van der Waals surface area contributed by atoms with Crippen molar-refractivity contribution in [1.29, 1.82) is 5.26 Å². The van der Waals surface area contributed by atoms with E-state index in [1.165, 1.54) is 5.56 Å². The van der Waals surface area contributed by atoms with Crippen LogP contribution in [0.3, 0.4) is 0 Å². The molecule has 3 atom stereocenters. The molecule has 96 valence electrons. The number of benzene rings is 1. The summed E-state index contributed by atoms with van der Waals surface area (Å²) in [6.45, 7) is 4.17. The first-order valence-corrected chi connectivity index (χ1v) is 6.62. The molecule has 3 heteroatoms. The van der Waals surface area contributed by atoms with Crippen LogP contribution in [0.2, 0.25) is 0 Å². The maximum absolute atomic E-state index is 9.05. The summed E-state index contributed by atoms with van der Waals surface area (Å²) in [5.41, 5.74) is 7.33. The van der Waals surface area contributed by atoms with Crippen LogP contribution in [-0.4, -0.2) is 24.0 Å². The minimum absolute atomic E-state index is 0.185. The van der Waals surface area contributed by atoms with Crippen LogP contribution in [0.1, 0.15) is 31.4 Å². The van der Waals surface area contributed by atoms with Gasteiger partial charge in [-0.25, -0.2) is 0 Å². The number of nitriles is 1. The Morgan fingerprint density at radius 3 is 2.72 bits per heavy atom. The lowest BCUT2D eigenvalue weighted by molar-refractivity contribution is 0.117. The number of hydrogen-bond donors (Lipinski definition) is 1. The second-order valence-electron chi connectivity index (χ2n) is 5.34. The van der Waals surface area contributed by atoms with E-state index in [9.17, 15) is 0 Å². The number of hydrogen-bond acceptors (Lipinski definition) is 3. The van der Waals surface area contributed by atoms with E-state index in [-0.39, 0.29) is 12.1 Å². The molecule has 0 spiro atoms. The van der Waals surface area contributed by atoms with Gasteiger partial charge in [0.05, 0.1) is 12.5 Å². The SMILES string of the molecule is CC1CC(N)CN(C(CC#N)c2ccccc2)C1. The highest BCUT2D eigenvalue weighted by Crippen LogP contribution is 2.28. The molecule has 0 aromatic heterocycles. The fourth-order valence-electron chi connectivity index (χ4n) is 2.92. The number of rotatable bonds is 3. The molecule has 1 aromatic rings. The lowest BCUT2D eigenvalue weighted by atomic mass is 9.92. The van der Waals surface area contributed by atoms with Crippen LogP contribution in [0.15, 0.2) is 30.3 Å². The Hall–Kier alpha value is -1.37. The third-order valence-electron chi connectivity index (χ3n) is 3.63. The quantitative estimate of drug-likeness (QED) is 0.886. The topological polar surface area (TPSA) is 53.0 Å². The molecular formula is C15H21N3. The van der Waals surface area contributed by atoms with Crippen LogP contribution >= 0.6 is 0 Å². The minimum atomic E-state index is 0.185. The molecule has 3 unspecified atom stereocenters. The summed E-state index contributed by atoms with van der Waals surface area (Å²) in [6, 6.07) is 13.0. The molecule has 18 heavy (non-hydrogen) atoms.